The third-order valence-corrected chi connectivity index (χ3v) is 7.58. The molecule has 5 rings (SSSR count). The molecule has 2 unspecified atom stereocenters. The van der Waals surface area contributed by atoms with Crippen LogP contribution in [0.3, 0.4) is 0 Å². The van der Waals surface area contributed by atoms with Gasteiger partial charge in [0.25, 0.3) is 0 Å². The normalized spacial score (nSPS) is 16.8. The Balaban J connectivity index is 1.28. The van der Waals surface area contributed by atoms with Crippen molar-refractivity contribution in [1.29, 1.82) is 0 Å². The summed E-state index contributed by atoms with van der Waals surface area (Å²) >= 11 is 12.3. The second-order valence-electron chi connectivity index (χ2n) is 9.92. The largest absolute Gasteiger partial charge is 0.345 e. The summed E-state index contributed by atoms with van der Waals surface area (Å²) in [5.74, 6) is 0.841. The molecular weight excluding hydrogens is 519 g/mol. The fourth-order valence-electron chi connectivity index (χ4n) is 5.10. The van der Waals surface area contributed by atoms with Gasteiger partial charge in [0.1, 0.15) is 0 Å². The molecule has 3 aromatic carbocycles. The molecule has 1 aromatic heterocycles. The van der Waals surface area contributed by atoms with Crippen molar-refractivity contribution in [2.45, 2.75) is 39.3 Å². The number of hydrogen-bond acceptors (Lipinski definition) is 5. The number of rotatable bonds is 7. The number of aromatic nitrogens is 2. The van der Waals surface area contributed by atoms with Gasteiger partial charge in [-0.15, -0.1) is 0 Å². The predicted molar refractivity (Wildman–Crippen MR) is 150 cm³/mol. The first-order valence-electron chi connectivity index (χ1n) is 12.8. The molecule has 8 heteroatoms. The molecule has 0 radical (unpaired) electrons. The molecule has 6 nitrogen and oxygen atoms in total. The van der Waals surface area contributed by atoms with Crippen molar-refractivity contribution in [1.82, 2.24) is 20.4 Å². The number of nitrogens with one attached hydrogen (secondary N) is 1. The van der Waals surface area contributed by atoms with E-state index in [2.05, 4.69) is 64.5 Å². The van der Waals surface area contributed by atoms with Gasteiger partial charge in [0.15, 0.2) is 0 Å². The van der Waals surface area contributed by atoms with E-state index in [1.807, 2.05) is 18.2 Å². The van der Waals surface area contributed by atoms with Crippen LogP contribution >= 0.6 is 23.2 Å². The predicted octanol–water partition coefficient (Wildman–Crippen LogP) is 6.78. The lowest BCUT2D eigenvalue weighted by Gasteiger charge is -2.32. The number of carbonyl (C=O) groups excluding carboxylic acids is 1. The SMILES string of the molecule is Cc1ccc(C(NC(=O)C2CCCN(Cc3nc(-c4ccc(Cl)cc4Cl)no3)C2)c2ccccc2)c(C)c1. The van der Waals surface area contributed by atoms with Crippen LogP contribution in [0.1, 0.15) is 47.0 Å². The molecule has 1 amide bonds. The van der Waals surface area contributed by atoms with Crippen molar-refractivity contribution in [3.8, 4) is 11.4 Å². The highest BCUT2D eigenvalue weighted by Crippen LogP contribution is 2.30. The minimum absolute atomic E-state index is 0.0580. The van der Waals surface area contributed by atoms with Crippen LogP contribution in [0.15, 0.2) is 71.3 Å². The summed E-state index contributed by atoms with van der Waals surface area (Å²) in [5.41, 5.74) is 5.22. The van der Waals surface area contributed by atoms with Gasteiger partial charge in [-0.3, -0.25) is 9.69 Å². The molecule has 1 fully saturated rings. The topological polar surface area (TPSA) is 71.3 Å². The Bertz CT molecular complexity index is 1420. The Morgan fingerprint density at radius 3 is 2.68 bits per heavy atom. The quantitative estimate of drug-likeness (QED) is 0.275. The van der Waals surface area contributed by atoms with Crippen LogP contribution in [0, 0.1) is 19.8 Å². The number of nitrogens with zero attached hydrogens (tertiary/aromatic N) is 3. The minimum atomic E-state index is -0.206. The Labute approximate surface area is 233 Å². The minimum Gasteiger partial charge on any atom is -0.345 e. The molecule has 1 saturated heterocycles. The Morgan fingerprint density at radius 1 is 1.11 bits per heavy atom. The fraction of sp³-hybridized carbons (Fsp3) is 0.300. The molecular formula is C30H30Cl2N4O2. The van der Waals surface area contributed by atoms with Crippen LogP contribution in [-0.4, -0.2) is 34.0 Å². The maximum absolute atomic E-state index is 13.6. The molecule has 1 aliphatic heterocycles. The van der Waals surface area contributed by atoms with E-state index < -0.39 is 0 Å². The number of likely N-dealkylation sites (tertiary alicyclic amines) is 1. The molecule has 2 heterocycles. The van der Waals surface area contributed by atoms with E-state index in [0.717, 1.165) is 36.1 Å². The number of benzene rings is 3. The molecule has 1 aliphatic rings. The van der Waals surface area contributed by atoms with E-state index in [1.54, 1.807) is 18.2 Å². The molecule has 0 aliphatic carbocycles. The fourth-order valence-corrected chi connectivity index (χ4v) is 5.59. The van der Waals surface area contributed by atoms with E-state index in [-0.39, 0.29) is 17.9 Å². The Hall–Kier alpha value is -3.19. The number of piperidine rings is 1. The van der Waals surface area contributed by atoms with Gasteiger partial charge in [-0.05, 0) is 68.1 Å². The van der Waals surface area contributed by atoms with Crippen molar-refractivity contribution >= 4 is 29.1 Å². The number of amides is 1. The molecule has 4 aromatic rings. The Morgan fingerprint density at radius 2 is 1.92 bits per heavy atom. The first-order chi connectivity index (χ1) is 18.4. The molecule has 196 valence electrons. The first kappa shape index (κ1) is 26.4. The van der Waals surface area contributed by atoms with Crippen molar-refractivity contribution in [2.24, 2.45) is 5.92 Å². The second-order valence-corrected chi connectivity index (χ2v) is 10.8. The zero-order valence-corrected chi connectivity index (χ0v) is 23.0. The third-order valence-electron chi connectivity index (χ3n) is 7.03. The van der Waals surface area contributed by atoms with Crippen LogP contribution in [-0.2, 0) is 11.3 Å². The number of halogens is 2. The summed E-state index contributed by atoms with van der Waals surface area (Å²) in [6.45, 7) is 6.14. The van der Waals surface area contributed by atoms with Crippen LogP contribution in [0.4, 0.5) is 0 Å². The van der Waals surface area contributed by atoms with Gasteiger partial charge in [0.05, 0.1) is 23.5 Å². The summed E-state index contributed by atoms with van der Waals surface area (Å²) in [6, 6.07) is 21.5. The van der Waals surface area contributed by atoms with Gasteiger partial charge in [0.2, 0.25) is 17.6 Å². The zero-order chi connectivity index (χ0) is 26.6. The van der Waals surface area contributed by atoms with E-state index in [1.165, 1.54) is 5.56 Å². The molecule has 38 heavy (non-hydrogen) atoms. The van der Waals surface area contributed by atoms with Gasteiger partial charge in [-0.2, -0.15) is 4.98 Å². The zero-order valence-electron chi connectivity index (χ0n) is 21.5. The van der Waals surface area contributed by atoms with Gasteiger partial charge < -0.3 is 9.84 Å². The molecule has 0 spiro atoms. The highest BCUT2D eigenvalue weighted by molar-refractivity contribution is 6.36. The van der Waals surface area contributed by atoms with Gasteiger partial charge >= 0.3 is 0 Å². The van der Waals surface area contributed by atoms with Crippen LogP contribution in [0.2, 0.25) is 10.0 Å². The average molecular weight is 550 g/mol. The van der Waals surface area contributed by atoms with Crippen LogP contribution < -0.4 is 5.32 Å². The number of carbonyl (C=O) groups is 1. The maximum Gasteiger partial charge on any atom is 0.241 e. The summed E-state index contributed by atoms with van der Waals surface area (Å²) < 4.78 is 5.51. The lowest BCUT2D eigenvalue weighted by molar-refractivity contribution is -0.127. The summed E-state index contributed by atoms with van der Waals surface area (Å²) in [6.07, 6.45) is 1.76. The van der Waals surface area contributed by atoms with Gasteiger partial charge in [0, 0.05) is 17.1 Å². The van der Waals surface area contributed by atoms with E-state index in [4.69, 9.17) is 27.7 Å². The van der Waals surface area contributed by atoms with Crippen molar-refractivity contribution in [3.05, 3.63) is 105 Å². The highest BCUT2D eigenvalue weighted by Gasteiger charge is 2.29. The standard InChI is InChI=1S/C30H30Cl2N4O2/c1-19-10-12-24(20(2)15-19)28(21-7-4-3-5-8-21)34-30(37)22-9-6-14-36(17-22)18-27-33-29(35-38-27)25-13-11-23(31)16-26(25)32/h3-5,7-8,10-13,15-16,22,28H,6,9,14,17-18H2,1-2H3,(H,34,37). The summed E-state index contributed by atoms with van der Waals surface area (Å²) in [4.78, 5) is 20.3. The summed E-state index contributed by atoms with van der Waals surface area (Å²) in [5, 5.41) is 8.47. The van der Waals surface area contributed by atoms with Crippen LogP contribution in [0.5, 0.6) is 0 Å². The average Bonchev–Trinajstić information content (AvgIpc) is 3.36. The van der Waals surface area contributed by atoms with Crippen LogP contribution in [0.25, 0.3) is 11.4 Å². The molecule has 2 atom stereocenters. The Kier molecular flexibility index (Phi) is 8.12. The lowest BCUT2D eigenvalue weighted by atomic mass is 9.92. The lowest BCUT2D eigenvalue weighted by Crippen LogP contribution is -2.44. The molecule has 0 bridgehead atoms. The summed E-state index contributed by atoms with van der Waals surface area (Å²) in [7, 11) is 0. The first-order valence-corrected chi connectivity index (χ1v) is 13.6. The van der Waals surface area contributed by atoms with Crippen molar-refractivity contribution < 1.29 is 9.32 Å². The number of aryl methyl sites for hydroxylation is 2. The van der Waals surface area contributed by atoms with E-state index >= 15 is 0 Å². The van der Waals surface area contributed by atoms with Crippen molar-refractivity contribution in [2.75, 3.05) is 13.1 Å². The molecule has 0 saturated carbocycles. The third kappa shape index (κ3) is 6.09. The smallest absolute Gasteiger partial charge is 0.241 e. The van der Waals surface area contributed by atoms with Gasteiger partial charge in [-0.1, -0.05) is 82.5 Å². The number of hydrogen-bond donors (Lipinski definition) is 1. The van der Waals surface area contributed by atoms with E-state index in [0.29, 0.717) is 40.4 Å². The highest BCUT2D eigenvalue weighted by atomic mass is 35.5. The monoisotopic (exact) mass is 548 g/mol. The van der Waals surface area contributed by atoms with Crippen molar-refractivity contribution in [3.63, 3.8) is 0 Å². The second kappa shape index (κ2) is 11.7. The maximum atomic E-state index is 13.6. The van der Waals surface area contributed by atoms with Gasteiger partial charge in [-0.25, -0.2) is 0 Å². The molecule has 1 N–H and O–H groups in total. The van der Waals surface area contributed by atoms with E-state index in [9.17, 15) is 4.79 Å².